The molecule has 1 aromatic heterocycles. The third kappa shape index (κ3) is 11.5. The fourth-order valence-corrected chi connectivity index (χ4v) is 6.18. The van der Waals surface area contributed by atoms with Crippen molar-refractivity contribution in [1.82, 2.24) is 25.8 Å². The highest BCUT2D eigenvalue weighted by atomic mass is 16.7. The molecule has 53 heavy (non-hydrogen) atoms. The van der Waals surface area contributed by atoms with E-state index in [9.17, 15) is 14.4 Å². The molecule has 3 aromatic carbocycles. The van der Waals surface area contributed by atoms with Crippen LogP contribution in [0.25, 0.3) is 10.9 Å². The second-order valence-corrected chi connectivity index (χ2v) is 14.4. The summed E-state index contributed by atoms with van der Waals surface area (Å²) in [6.45, 7) is 11.5. The third-order valence-corrected chi connectivity index (χ3v) is 9.10. The maximum Gasteiger partial charge on any atom is 0.315 e. The average molecular weight is 724 g/mol. The minimum Gasteiger partial charge on any atom is -0.488 e. The van der Waals surface area contributed by atoms with Gasteiger partial charge in [-0.05, 0) is 88.4 Å². The quantitative estimate of drug-likeness (QED) is 0.105. The zero-order chi connectivity index (χ0) is 37.8. The molecule has 0 spiro atoms. The van der Waals surface area contributed by atoms with Gasteiger partial charge in [-0.25, -0.2) is 4.79 Å². The van der Waals surface area contributed by atoms with E-state index < -0.39 is 17.7 Å². The number of nitrogens with zero attached hydrogens (tertiary/aromatic N) is 2. The number of carbonyl (C=O) groups is 3. The van der Waals surface area contributed by atoms with Gasteiger partial charge in [-0.3, -0.25) is 14.6 Å². The number of rotatable bonds is 18. The lowest BCUT2D eigenvalue weighted by Gasteiger charge is -2.32. The highest BCUT2D eigenvalue weighted by Gasteiger charge is 2.51. The molecule has 0 radical (unpaired) electrons. The first-order chi connectivity index (χ1) is 25.5. The highest BCUT2D eigenvalue weighted by molar-refractivity contribution is 5.92. The number of benzene rings is 3. The molecule has 1 atom stereocenters. The van der Waals surface area contributed by atoms with Crippen molar-refractivity contribution in [2.24, 2.45) is 5.41 Å². The van der Waals surface area contributed by atoms with Crippen LogP contribution in [0.3, 0.4) is 0 Å². The number of nitrogens with one attached hydrogen (secondary N) is 3. The molecule has 0 bridgehead atoms. The van der Waals surface area contributed by atoms with Gasteiger partial charge in [0, 0.05) is 50.9 Å². The lowest BCUT2D eigenvalue weighted by molar-refractivity contribution is -0.161. The summed E-state index contributed by atoms with van der Waals surface area (Å²) in [4.78, 5) is 47.8. The minimum atomic E-state index is -0.918. The zero-order valence-electron chi connectivity index (χ0n) is 31.5. The fourth-order valence-electron chi connectivity index (χ4n) is 6.18. The number of ether oxygens (including phenoxy) is 3. The Kier molecular flexibility index (Phi) is 13.4. The summed E-state index contributed by atoms with van der Waals surface area (Å²) in [5, 5.41) is 9.79. The van der Waals surface area contributed by atoms with Crippen molar-refractivity contribution in [2.75, 3.05) is 26.3 Å². The van der Waals surface area contributed by atoms with Gasteiger partial charge in [0.1, 0.15) is 17.4 Å². The van der Waals surface area contributed by atoms with E-state index >= 15 is 0 Å². The predicted molar refractivity (Wildman–Crippen MR) is 205 cm³/mol. The first-order valence-corrected chi connectivity index (χ1v) is 18.5. The van der Waals surface area contributed by atoms with Gasteiger partial charge in [0.2, 0.25) is 11.8 Å². The van der Waals surface area contributed by atoms with Crippen molar-refractivity contribution in [3.63, 3.8) is 0 Å². The van der Waals surface area contributed by atoms with Crippen LogP contribution in [0, 0.1) is 5.41 Å². The Morgan fingerprint density at radius 1 is 0.849 bits per heavy atom. The van der Waals surface area contributed by atoms with E-state index in [1.54, 1.807) is 11.1 Å². The van der Waals surface area contributed by atoms with Gasteiger partial charge in [-0.15, -0.1) is 0 Å². The summed E-state index contributed by atoms with van der Waals surface area (Å²) in [7, 11) is 0. The maximum absolute atomic E-state index is 14.8. The Morgan fingerprint density at radius 3 is 2.19 bits per heavy atom. The van der Waals surface area contributed by atoms with Gasteiger partial charge in [-0.2, -0.15) is 0 Å². The van der Waals surface area contributed by atoms with E-state index in [0.29, 0.717) is 38.3 Å². The molecule has 4 aromatic rings. The number of para-hydroxylation sites is 1. The van der Waals surface area contributed by atoms with Crippen LogP contribution in [0.5, 0.6) is 5.75 Å². The number of hydrogen-bond acceptors (Lipinski definition) is 7. The Morgan fingerprint density at radius 2 is 1.53 bits per heavy atom. The Labute approximate surface area is 312 Å². The van der Waals surface area contributed by atoms with Crippen LogP contribution in [-0.4, -0.2) is 72.0 Å². The SMILES string of the molecule is CCOC(CN(Cc1ccnc2ccccc12)C(=O)C(Cc1ccc(OC(C)(C)C)cc1)NC(=O)C1(CNC(=O)NCc2ccccc2)CC1)OCC. The molecule has 0 saturated heterocycles. The molecule has 4 amide bonds. The lowest BCUT2D eigenvalue weighted by Crippen LogP contribution is -2.54. The summed E-state index contributed by atoms with van der Waals surface area (Å²) < 4.78 is 17.8. The number of aromatic nitrogens is 1. The topological polar surface area (TPSA) is 131 Å². The van der Waals surface area contributed by atoms with Crippen molar-refractivity contribution in [3.8, 4) is 5.75 Å². The van der Waals surface area contributed by atoms with Crippen molar-refractivity contribution >= 4 is 28.7 Å². The number of hydrogen-bond donors (Lipinski definition) is 3. The average Bonchev–Trinajstić information content (AvgIpc) is 3.94. The predicted octanol–water partition coefficient (Wildman–Crippen LogP) is 6.15. The fraction of sp³-hybridized carbons (Fsp3) is 0.429. The molecule has 282 valence electrons. The second-order valence-electron chi connectivity index (χ2n) is 14.4. The van der Waals surface area contributed by atoms with E-state index in [1.807, 2.05) is 120 Å². The van der Waals surface area contributed by atoms with Crippen LogP contribution >= 0.6 is 0 Å². The number of fused-ring (bicyclic) bond motifs is 1. The first kappa shape index (κ1) is 39.2. The summed E-state index contributed by atoms with van der Waals surface area (Å²) in [5.41, 5.74) is 2.39. The Bertz CT molecular complexity index is 1800. The number of amides is 4. The van der Waals surface area contributed by atoms with Crippen molar-refractivity contribution in [3.05, 3.63) is 108 Å². The largest absolute Gasteiger partial charge is 0.488 e. The summed E-state index contributed by atoms with van der Waals surface area (Å²) in [6.07, 6.45) is 2.51. The van der Waals surface area contributed by atoms with Gasteiger partial charge in [0.05, 0.1) is 17.5 Å². The van der Waals surface area contributed by atoms with Crippen molar-refractivity contribution < 1.29 is 28.6 Å². The number of urea groups is 1. The van der Waals surface area contributed by atoms with Crippen molar-refractivity contribution in [1.29, 1.82) is 0 Å². The van der Waals surface area contributed by atoms with Gasteiger partial charge >= 0.3 is 6.03 Å². The summed E-state index contributed by atoms with van der Waals surface area (Å²) in [5.74, 6) is 0.166. The van der Waals surface area contributed by atoms with E-state index in [2.05, 4.69) is 20.9 Å². The molecule has 0 aliphatic heterocycles. The van der Waals surface area contributed by atoms with Gasteiger partial charge < -0.3 is 35.1 Å². The van der Waals surface area contributed by atoms with Gasteiger partial charge in [0.15, 0.2) is 6.29 Å². The standard InChI is InChI=1S/C42H53N5O6/c1-6-51-37(52-7-2)28-47(27-32-21-24-43-35-16-12-11-15-34(32)35)38(48)36(25-30-17-19-33(20-18-30)53-41(3,4)5)46-39(49)42(22-23-42)29-45-40(50)44-26-31-13-9-8-10-14-31/h8-21,24,36-37H,6-7,22-23,25-29H2,1-5H3,(H,46,49)(H2,44,45,50). The molecule has 5 rings (SSSR count). The molecule has 1 unspecified atom stereocenters. The van der Waals surface area contributed by atoms with Crippen LogP contribution in [-0.2, 0) is 38.6 Å². The Hall–Kier alpha value is -5.00. The van der Waals surface area contributed by atoms with Crippen LogP contribution in [0.2, 0.25) is 0 Å². The van der Waals surface area contributed by atoms with E-state index in [0.717, 1.165) is 27.6 Å². The maximum atomic E-state index is 14.8. The highest BCUT2D eigenvalue weighted by Crippen LogP contribution is 2.45. The molecule has 1 fully saturated rings. The van der Waals surface area contributed by atoms with Gasteiger partial charge in [0.25, 0.3) is 0 Å². The first-order valence-electron chi connectivity index (χ1n) is 18.5. The number of pyridine rings is 1. The van der Waals surface area contributed by atoms with Crippen molar-refractivity contribution in [2.45, 2.75) is 84.9 Å². The molecule has 3 N–H and O–H groups in total. The molecule has 11 heteroatoms. The Balaban J connectivity index is 1.38. The minimum absolute atomic E-state index is 0.149. The van der Waals surface area contributed by atoms with Crippen LogP contribution < -0.4 is 20.7 Å². The van der Waals surface area contributed by atoms with E-state index in [-0.39, 0.29) is 49.5 Å². The normalized spacial score (nSPS) is 14.0. The molecule has 11 nitrogen and oxygen atoms in total. The smallest absolute Gasteiger partial charge is 0.315 e. The second kappa shape index (κ2) is 18.2. The van der Waals surface area contributed by atoms with Gasteiger partial charge in [-0.1, -0.05) is 60.7 Å². The molecule has 1 aliphatic carbocycles. The molecule has 1 heterocycles. The number of carbonyl (C=O) groups excluding carboxylic acids is 3. The van der Waals surface area contributed by atoms with E-state index in [4.69, 9.17) is 14.2 Å². The molecule has 1 aliphatic rings. The summed E-state index contributed by atoms with van der Waals surface area (Å²) in [6, 6.07) is 25.7. The molecular weight excluding hydrogens is 670 g/mol. The van der Waals surface area contributed by atoms with Crippen LogP contribution in [0.4, 0.5) is 4.79 Å². The van der Waals surface area contributed by atoms with E-state index in [1.165, 1.54) is 0 Å². The molecular formula is C42H53N5O6. The third-order valence-electron chi connectivity index (χ3n) is 9.10. The van der Waals surface area contributed by atoms with Crippen LogP contribution in [0.1, 0.15) is 64.2 Å². The monoisotopic (exact) mass is 723 g/mol. The zero-order valence-corrected chi connectivity index (χ0v) is 31.5. The summed E-state index contributed by atoms with van der Waals surface area (Å²) >= 11 is 0. The lowest BCUT2D eigenvalue weighted by atomic mass is 10.0. The van der Waals surface area contributed by atoms with Crippen LogP contribution in [0.15, 0.2) is 91.1 Å². The molecule has 1 saturated carbocycles.